The van der Waals surface area contributed by atoms with Gasteiger partial charge in [0.15, 0.2) is 5.76 Å². The molecule has 1 saturated heterocycles. The van der Waals surface area contributed by atoms with Crippen LogP contribution in [0.25, 0.3) is 0 Å². The molecule has 39 heavy (non-hydrogen) atoms. The number of aliphatic hydroxyl groups excluding tert-OH is 2. The number of fused-ring (bicyclic) bond motifs is 4. The molecule has 10 heteroatoms. The standard InChI is InChI=1S/C29H39NO9/c1-14(32)38-17-10-28(5)16(8-9-19(28)33)21-23(17)29(6)20(13-37-7)39-26(36)15(22(29)25(35)24(21)34)11-30-18(12-31)27(2,3)4/h11,16-18,20,30-31,35H,8-10,12-13H2,1-7H3/b15-11-/t16-,17+,18+,20+,28-,29-/m0/s1. The maximum absolute atomic E-state index is 14.0. The zero-order valence-electron chi connectivity index (χ0n) is 23.7. The van der Waals surface area contributed by atoms with Gasteiger partial charge in [-0.25, -0.2) is 4.79 Å². The van der Waals surface area contributed by atoms with Crippen molar-refractivity contribution < 1.29 is 43.6 Å². The minimum absolute atomic E-state index is 0.0195. The second kappa shape index (κ2) is 9.89. The second-order valence-electron chi connectivity index (χ2n) is 12.5. The fraction of sp³-hybridized carbons (Fsp3) is 0.655. The third-order valence-corrected chi connectivity index (χ3v) is 9.08. The number of allylic oxidation sites excluding steroid dienone is 1. The summed E-state index contributed by atoms with van der Waals surface area (Å²) in [6, 6.07) is -0.453. The molecule has 0 bridgehead atoms. The highest BCUT2D eigenvalue weighted by Crippen LogP contribution is 2.62. The van der Waals surface area contributed by atoms with E-state index in [0.29, 0.717) is 12.0 Å². The van der Waals surface area contributed by atoms with Crippen molar-refractivity contribution in [3.8, 4) is 0 Å². The molecule has 0 radical (unpaired) electrons. The summed E-state index contributed by atoms with van der Waals surface area (Å²) < 4.78 is 17.1. The van der Waals surface area contributed by atoms with Crippen LogP contribution >= 0.6 is 0 Å². The topological polar surface area (TPSA) is 148 Å². The van der Waals surface area contributed by atoms with Gasteiger partial charge in [0.2, 0.25) is 5.78 Å². The first-order valence-corrected chi connectivity index (χ1v) is 13.3. The van der Waals surface area contributed by atoms with Crippen LogP contribution in [0, 0.1) is 22.2 Å². The van der Waals surface area contributed by atoms with Gasteiger partial charge in [-0.15, -0.1) is 0 Å². The fourth-order valence-electron chi connectivity index (χ4n) is 6.86. The molecular formula is C29H39NO9. The summed E-state index contributed by atoms with van der Waals surface area (Å²) in [5, 5.41) is 24.5. The molecule has 4 rings (SSSR count). The predicted molar refractivity (Wildman–Crippen MR) is 139 cm³/mol. The van der Waals surface area contributed by atoms with Gasteiger partial charge >= 0.3 is 11.9 Å². The smallest absolute Gasteiger partial charge is 0.340 e. The third-order valence-electron chi connectivity index (χ3n) is 9.08. The number of aliphatic hydroxyl groups is 2. The maximum Gasteiger partial charge on any atom is 0.340 e. The summed E-state index contributed by atoms with van der Waals surface area (Å²) in [5.74, 6) is -3.15. The van der Waals surface area contributed by atoms with Crippen LogP contribution in [0.4, 0.5) is 0 Å². The summed E-state index contributed by atoms with van der Waals surface area (Å²) in [6.07, 6.45) is 0.322. The van der Waals surface area contributed by atoms with Gasteiger partial charge in [-0.1, -0.05) is 27.7 Å². The summed E-state index contributed by atoms with van der Waals surface area (Å²) in [4.78, 5) is 52.6. The van der Waals surface area contributed by atoms with Gasteiger partial charge in [0, 0.05) is 55.6 Å². The Hall–Kier alpha value is -2.98. The van der Waals surface area contributed by atoms with E-state index < -0.39 is 58.5 Å². The van der Waals surface area contributed by atoms with Gasteiger partial charge in [-0.05, 0) is 24.3 Å². The number of ether oxygens (including phenoxy) is 3. The van der Waals surface area contributed by atoms with Crippen molar-refractivity contribution in [2.45, 2.75) is 79.1 Å². The van der Waals surface area contributed by atoms with Crippen LogP contribution in [-0.2, 0) is 33.4 Å². The van der Waals surface area contributed by atoms with E-state index in [-0.39, 0.29) is 54.0 Å². The van der Waals surface area contributed by atoms with E-state index in [4.69, 9.17) is 14.2 Å². The van der Waals surface area contributed by atoms with Crippen molar-refractivity contribution in [2.75, 3.05) is 20.3 Å². The highest BCUT2D eigenvalue weighted by molar-refractivity contribution is 6.14. The number of nitrogens with one attached hydrogen (secondary N) is 1. The van der Waals surface area contributed by atoms with Crippen LogP contribution in [0.1, 0.15) is 60.8 Å². The molecule has 1 aliphatic heterocycles. The number of rotatable bonds is 6. The third kappa shape index (κ3) is 4.41. The molecule has 4 aliphatic rings. The van der Waals surface area contributed by atoms with E-state index in [2.05, 4.69) is 5.32 Å². The average Bonchev–Trinajstić information content (AvgIpc) is 3.12. The molecule has 6 atom stereocenters. The SMILES string of the molecule is COC[C@H]1OC(=O)/C(=C\N[C@H](CO)C(C)(C)C)C2=C(O)C(=O)C3=C([C@H](OC(C)=O)C[C@]4(C)C(=O)CC[C@@H]34)[C@]21C. The minimum atomic E-state index is -1.31. The van der Waals surface area contributed by atoms with Crippen molar-refractivity contribution in [1.29, 1.82) is 0 Å². The monoisotopic (exact) mass is 545 g/mol. The fourth-order valence-corrected chi connectivity index (χ4v) is 6.86. The molecule has 0 aromatic rings. The van der Waals surface area contributed by atoms with Crippen LogP contribution in [-0.4, -0.2) is 72.3 Å². The first-order chi connectivity index (χ1) is 18.1. The Morgan fingerprint density at radius 2 is 1.92 bits per heavy atom. The number of esters is 2. The Morgan fingerprint density at radius 3 is 2.49 bits per heavy atom. The molecule has 214 valence electrons. The number of hydrogen-bond donors (Lipinski definition) is 3. The molecular weight excluding hydrogens is 506 g/mol. The number of cyclic esters (lactones) is 1. The highest BCUT2D eigenvalue weighted by atomic mass is 16.6. The first kappa shape index (κ1) is 29.0. The Kier molecular flexibility index (Phi) is 7.36. The molecule has 1 heterocycles. The largest absolute Gasteiger partial charge is 0.504 e. The van der Waals surface area contributed by atoms with E-state index >= 15 is 0 Å². The zero-order valence-corrected chi connectivity index (χ0v) is 23.7. The van der Waals surface area contributed by atoms with Gasteiger partial charge in [0.1, 0.15) is 18.0 Å². The van der Waals surface area contributed by atoms with Crippen LogP contribution in [0.3, 0.4) is 0 Å². The molecule has 0 spiro atoms. The lowest BCUT2D eigenvalue weighted by molar-refractivity contribution is -0.160. The lowest BCUT2D eigenvalue weighted by atomic mass is 9.53. The number of ketones is 2. The zero-order chi connectivity index (χ0) is 29.1. The quantitative estimate of drug-likeness (QED) is 0.336. The van der Waals surface area contributed by atoms with Gasteiger partial charge in [0.25, 0.3) is 0 Å². The molecule has 0 amide bonds. The Morgan fingerprint density at radius 1 is 1.26 bits per heavy atom. The lowest BCUT2D eigenvalue weighted by Gasteiger charge is -2.53. The van der Waals surface area contributed by atoms with Gasteiger partial charge in [-0.2, -0.15) is 0 Å². The minimum Gasteiger partial charge on any atom is -0.504 e. The molecule has 3 N–H and O–H groups in total. The second-order valence-corrected chi connectivity index (χ2v) is 12.5. The lowest BCUT2D eigenvalue weighted by Crippen LogP contribution is -2.57. The van der Waals surface area contributed by atoms with E-state index in [9.17, 15) is 29.4 Å². The molecule has 0 unspecified atom stereocenters. The van der Waals surface area contributed by atoms with Crippen molar-refractivity contribution in [3.63, 3.8) is 0 Å². The Bertz CT molecular complexity index is 1210. The number of Topliss-reactive ketones (excluding diaryl/α,β-unsaturated/α-hetero) is 2. The van der Waals surface area contributed by atoms with E-state index in [1.807, 2.05) is 20.8 Å². The van der Waals surface area contributed by atoms with E-state index in [1.54, 1.807) is 13.8 Å². The summed E-state index contributed by atoms with van der Waals surface area (Å²) in [7, 11) is 1.45. The molecule has 0 aromatic carbocycles. The number of methoxy groups -OCH3 is 1. The van der Waals surface area contributed by atoms with Crippen molar-refractivity contribution in [3.05, 3.63) is 34.3 Å². The van der Waals surface area contributed by atoms with Gasteiger partial charge < -0.3 is 29.7 Å². The van der Waals surface area contributed by atoms with Crippen molar-refractivity contribution in [2.24, 2.45) is 22.2 Å². The number of carbonyl (C=O) groups excluding carboxylic acids is 4. The average molecular weight is 546 g/mol. The Balaban J connectivity index is 1.97. The highest BCUT2D eigenvalue weighted by Gasteiger charge is 2.64. The van der Waals surface area contributed by atoms with Gasteiger partial charge in [-0.3, -0.25) is 14.4 Å². The molecule has 0 aromatic heterocycles. The van der Waals surface area contributed by atoms with Crippen molar-refractivity contribution >= 4 is 23.5 Å². The molecule has 10 nitrogen and oxygen atoms in total. The van der Waals surface area contributed by atoms with Crippen LogP contribution in [0.15, 0.2) is 34.3 Å². The Labute approximate surface area is 228 Å². The van der Waals surface area contributed by atoms with E-state index in [1.165, 1.54) is 20.2 Å². The first-order valence-electron chi connectivity index (χ1n) is 13.3. The normalized spacial score (nSPS) is 34.4. The molecule has 2 fully saturated rings. The maximum atomic E-state index is 14.0. The summed E-state index contributed by atoms with van der Waals surface area (Å²) >= 11 is 0. The van der Waals surface area contributed by atoms with Crippen molar-refractivity contribution in [1.82, 2.24) is 5.32 Å². The van der Waals surface area contributed by atoms with E-state index in [0.717, 1.165) is 0 Å². The van der Waals surface area contributed by atoms with Crippen LogP contribution in [0.5, 0.6) is 0 Å². The van der Waals surface area contributed by atoms with Crippen LogP contribution in [0.2, 0.25) is 0 Å². The molecule has 3 aliphatic carbocycles. The summed E-state index contributed by atoms with van der Waals surface area (Å²) in [6.45, 7) is 10.3. The summed E-state index contributed by atoms with van der Waals surface area (Å²) in [5.41, 5.74) is -1.97. The molecule has 1 saturated carbocycles. The van der Waals surface area contributed by atoms with Gasteiger partial charge in [0.05, 0.1) is 30.2 Å². The van der Waals surface area contributed by atoms with Crippen LogP contribution < -0.4 is 5.32 Å². The number of hydrogen-bond acceptors (Lipinski definition) is 10. The predicted octanol–water partition coefficient (Wildman–Crippen LogP) is 2.46. The number of carbonyl (C=O) groups is 4.